The van der Waals surface area contributed by atoms with Crippen LogP contribution in [0.3, 0.4) is 0 Å². The van der Waals surface area contributed by atoms with Crippen LogP contribution in [0.15, 0.2) is 93.5 Å². The number of hydrogen-bond donors (Lipinski definition) is 0. The number of thiazole rings is 1. The fraction of sp³-hybridized carbons (Fsp3) is 0. The highest BCUT2D eigenvalue weighted by Gasteiger charge is 2.15. The van der Waals surface area contributed by atoms with Crippen molar-refractivity contribution in [2.24, 2.45) is 0 Å². The third-order valence-corrected chi connectivity index (χ3v) is 5.66. The average Bonchev–Trinajstić information content (AvgIpc) is 3.29. The SMILES string of the molecule is O=C(Oc1ccc2cc(-c3nc(-c4ccccc4)cs3)c(=O)oc2c1)c1cccc(F)c1. The van der Waals surface area contributed by atoms with E-state index >= 15 is 0 Å². The van der Waals surface area contributed by atoms with Crippen LogP contribution in [0.4, 0.5) is 4.39 Å². The molecule has 7 heteroatoms. The van der Waals surface area contributed by atoms with Crippen LogP contribution in [-0.4, -0.2) is 11.0 Å². The van der Waals surface area contributed by atoms with Gasteiger partial charge in [0.15, 0.2) is 0 Å². The van der Waals surface area contributed by atoms with E-state index < -0.39 is 17.4 Å². The lowest BCUT2D eigenvalue weighted by molar-refractivity contribution is 0.0734. The number of halogens is 1. The maximum absolute atomic E-state index is 13.3. The van der Waals surface area contributed by atoms with Gasteiger partial charge in [-0.25, -0.2) is 19.0 Å². The number of ether oxygens (including phenoxy) is 1. The fourth-order valence-electron chi connectivity index (χ4n) is 3.22. The summed E-state index contributed by atoms with van der Waals surface area (Å²) in [6.45, 7) is 0. The standard InChI is InChI=1S/C25H14FNO4S/c26-18-8-4-7-17(11-18)24(28)30-19-10-9-16-12-20(25(29)31-22(16)13-19)23-27-21(14-32-23)15-5-2-1-3-6-15/h1-14H. The summed E-state index contributed by atoms with van der Waals surface area (Å²) in [5, 5.41) is 3.10. The Morgan fingerprint density at radius 3 is 2.62 bits per heavy atom. The molecule has 2 aromatic heterocycles. The largest absolute Gasteiger partial charge is 0.423 e. The zero-order valence-electron chi connectivity index (χ0n) is 16.4. The third kappa shape index (κ3) is 3.93. The van der Waals surface area contributed by atoms with E-state index in [0.717, 1.165) is 17.3 Å². The molecule has 3 aromatic carbocycles. The Balaban J connectivity index is 1.44. The van der Waals surface area contributed by atoms with Crippen molar-refractivity contribution in [2.45, 2.75) is 0 Å². The van der Waals surface area contributed by atoms with Gasteiger partial charge in [-0.15, -0.1) is 11.3 Å². The quantitative estimate of drug-likeness (QED) is 0.195. The fourth-order valence-corrected chi connectivity index (χ4v) is 4.06. The normalized spacial score (nSPS) is 10.9. The van der Waals surface area contributed by atoms with Gasteiger partial charge in [-0.3, -0.25) is 0 Å². The van der Waals surface area contributed by atoms with Gasteiger partial charge in [0, 0.05) is 22.4 Å². The van der Waals surface area contributed by atoms with E-state index in [1.165, 1.54) is 35.6 Å². The van der Waals surface area contributed by atoms with E-state index in [1.807, 2.05) is 35.7 Å². The molecule has 0 aliphatic carbocycles. The van der Waals surface area contributed by atoms with E-state index in [0.29, 0.717) is 16.0 Å². The Morgan fingerprint density at radius 1 is 0.969 bits per heavy atom. The molecular formula is C25H14FNO4S. The predicted molar refractivity (Wildman–Crippen MR) is 120 cm³/mol. The number of benzene rings is 3. The number of rotatable bonds is 4. The number of esters is 1. The molecule has 0 aliphatic rings. The van der Waals surface area contributed by atoms with E-state index in [9.17, 15) is 14.0 Å². The Morgan fingerprint density at radius 2 is 1.81 bits per heavy atom. The number of hydrogen-bond acceptors (Lipinski definition) is 6. The maximum atomic E-state index is 13.3. The molecule has 0 N–H and O–H groups in total. The molecule has 2 heterocycles. The molecule has 5 rings (SSSR count). The van der Waals surface area contributed by atoms with E-state index in [1.54, 1.807) is 18.2 Å². The molecule has 0 spiro atoms. The van der Waals surface area contributed by atoms with Crippen molar-refractivity contribution >= 4 is 28.3 Å². The lowest BCUT2D eigenvalue weighted by Gasteiger charge is -2.06. The molecule has 0 radical (unpaired) electrons. The first kappa shape index (κ1) is 19.8. The summed E-state index contributed by atoms with van der Waals surface area (Å²) in [4.78, 5) is 29.4. The lowest BCUT2D eigenvalue weighted by atomic mass is 10.1. The Kier molecular flexibility index (Phi) is 5.09. The first-order chi connectivity index (χ1) is 15.6. The van der Waals surface area contributed by atoms with Crippen molar-refractivity contribution in [2.75, 3.05) is 0 Å². The van der Waals surface area contributed by atoms with E-state index in [-0.39, 0.29) is 16.9 Å². The number of fused-ring (bicyclic) bond motifs is 1. The van der Waals surface area contributed by atoms with Gasteiger partial charge in [0.05, 0.1) is 16.8 Å². The van der Waals surface area contributed by atoms with Crippen molar-refractivity contribution in [3.8, 4) is 27.6 Å². The molecule has 0 atom stereocenters. The third-order valence-electron chi connectivity index (χ3n) is 4.78. The van der Waals surface area contributed by atoms with Crippen LogP contribution in [0.1, 0.15) is 10.4 Å². The van der Waals surface area contributed by atoms with Crippen LogP contribution in [0.5, 0.6) is 5.75 Å². The van der Waals surface area contributed by atoms with Crippen LogP contribution in [-0.2, 0) is 0 Å². The monoisotopic (exact) mass is 443 g/mol. The molecule has 0 saturated heterocycles. The summed E-state index contributed by atoms with van der Waals surface area (Å²) in [5.41, 5.74) is 1.91. The van der Waals surface area contributed by atoms with Gasteiger partial charge in [-0.1, -0.05) is 36.4 Å². The van der Waals surface area contributed by atoms with Gasteiger partial charge < -0.3 is 9.15 Å². The second-order valence-electron chi connectivity index (χ2n) is 6.95. The number of carbonyl (C=O) groups is 1. The van der Waals surface area contributed by atoms with E-state index in [4.69, 9.17) is 9.15 Å². The second kappa shape index (κ2) is 8.20. The zero-order valence-corrected chi connectivity index (χ0v) is 17.3. The Bertz CT molecular complexity index is 1510. The maximum Gasteiger partial charge on any atom is 0.346 e. The average molecular weight is 443 g/mol. The highest BCUT2D eigenvalue weighted by atomic mass is 32.1. The predicted octanol–water partition coefficient (Wildman–Crippen LogP) is 5.94. The zero-order chi connectivity index (χ0) is 22.1. The van der Waals surface area contributed by atoms with Crippen LogP contribution in [0, 0.1) is 5.82 Å². The summed E-state index contributed by atoms with van der Waals surface area (Å²) >= 11 is 1.36. The molecule has 32 heavy (non-hydrogen) atoms. The second-order valence-corrected chi connectivity index (χ2v) is 7.81. The highest BCUT2D eigenvalue weighted by Crippen LogP contribution is 2.29. The summed E-state index contributed by atoms with van der Waals surface area (Å²) < 4.78 is 24.1. The van der Waals surface area contributed by atoms with Crippen molar-refractivity contribution in [1.29, 1.82) is 0 Å². The molecule has 0 unspecified atom stereocenters. The Hall–Kier alpha value is -4.10. The molecule has 0 saturated carbocycles. The van der Waals surface area contributed by atoms with Crippen LogP contribution >= 0.6 is 11.3 Å². The molecule has 0 bridgehead atoms. The minimum absolute atomic E-state index is 0.0832. The molecule has 5 nitrogen and oxygen atoms in total. The lowest BCUT2D eigenvalue weighted by Crippen LogP contribution is -2.09. The number of nitrogens with zero attached hydrogens (tertiary/aromatic N) is 1. The molecular weight excluding hydrogens is 429 g/mol. The Labute approximate surface area is 185 Å². The number of carbonyl (C=O) groups excluding carboxylic acids is 1. The van der Waals surface area contributed by atoms with Gasteiger partial charge in [0.2, 0.25) is 0 Å². The van der Waals surface area contributed by atoms with E-state index in [2.05, 4.69) is 4.98 Å². The summed E-state index contributed by atoms with van der Waals surface area (Å²) in [5.74, 6) is -1.06. The van der Waals surface area contributed by atoms with Gasteiger partial charge in [-0.05, 0) is 36.4 Å². The van der Waals surface area contributed by atoms with Crippen LogP contribution in [0.2, 0.25) is 0 Å². The first-order valence-corrected chi connectivity index (χ1v) is 10.5. The minimum atomic E-state index is -0.709. The van der Waals surface area contributed by atoms with Crippen LogP contribution < -0.4 is 10.4 Å². The molecule has 0 fully saturated rings. The van der Waals surface area contributed by atoms with Crippen molar-refractivity contribution in [3.05, 3.63) is 106 Å². The van der Waals surface area contributed by atoms with Gasteiger partial charge in [-0.2, -0.15) is 0 Å². The summed E-state index contributed by atoms with van der Waals surface area (Å²) in [6.07, 6.45) is 0. The van der Waals surface area contributed by atoms with Gasteiger partial charge in [0.1, 0.15) is 22.2 Å². The van der Waals surface area contributed by atoms with Crippen molar-refractivity contribution < 1.29 is 18.3 Å². The molecule has 0 amide bonds. The van der Waals surface area contributed by atoms with Crippen molar-refractivity contribution in [1.82, 2.24) is 4.98 Å². The van der Waals surface area contributed by atoms with Gasteiger partial charge in [0.25, 0.3) is 0 Å². The number of aromatic nitrogens is 1. The van der Waals surface area contributed by atoms with Gasteiger partial charge >= 0.3 is 11.6 Å². The highest BCUT2D eigenvalue weighted by molar-refractivity contribution is 7.13. The topological polar surface area (TPSA) is 69.4 Å². The first-order valence-electron chi connectivity index (χ1n) is 9.64. The molecule has 5 aromatic rings. The smallest absolute Gasteiger partial charge is 0.346 e. The molecule has 0 aliphatic heterocycles. The van der Waals surface area contributed by atoms with Crippen molar-refractivity contribution in [3.63, 3.8) is 0 Å². The summed E-state index contributed by atoms with van der Waals surface area (Å²) in [6, 6.07) is 21.3. The van der Waals surface area contributed by atoms with Crippen LogP contribution in [0.25, 0.3) is 32.8 Å². The molecule has 156 valence electrons. The summed E-state index contributed by atoms with van der Waals surface area (Å²) in [7, 11) is 0. The minimum Gasteiger partial charge on any atom is -0.423 e.